The number of aromatic nitrogens is 2. The van der Waals surface area contributed by atoms with Crippen molar-refractivity contribution in [3.8, 4) is 5.69 Å². The van der Waals surface area contributed by atoms with Crippen molar-refractivity contribution in [3.05, 3.63) is 48.6 Å². The Labute approximate surface area is 80.0 Å². The molecular formula is C10H9F2N2+. The van der Waals surface area contributed by atoms with Gasteiger partial charge in [0, 0.05) is 6.07 Å². The van der Waals surface area contributed by atoms with Gasteiger partial charge in [-0.15, -0.1) is 0 Å². The molecule has 0 aliphatic heterocycles. The average Bonchev–Trinajstić information content (AvgIpc) is 2.51. The summed E-state index contributed by atoms with van der Waals surface area (Å²) in [6.07, 6.45) is 5.19. The van der Waals surface area contributed by atoms with Gasteiger partial charge in [-0.25, -0.2) is 13.3 Å². The molecule has 0 aliphatic rings. The van der Waals surface area contributed by atoms with Crippen molar-refractivity contribution in [1.82, 2.24) is 4.57 Å². The monoisotopic (exact) mass is 195 g/mol. The summed E-state index contributed by atoms with van der Waals surface area (Å²) in [6.45, 7) is 0. The molecule has 0 amide bonds. The molecular weight excluding hydrogens is 186 g/mol. The number of halogens is 2. The number of hydrogen-bond acceptors (Lipinski definition) is 0. The van der Waals surface area contributed by atoms with Gasteiger partial charge in [0.15, 0.2) is 11.5 Å². The highest BCUT2D eigenvalue weighted by Crippen LogP contribution is 2.13. The molecule has 4 heteroatoms. The number of imidazole rings is 1. The Balaban J connectivity index is 2.52. The topological polar surface area (TPSA) is 8.81 Å². The lowest BCUT2D eigenvalue weighted by atomic mass is 10.3. The van der Waals surface area contributed by atoms with Crippen LogP contribution in [0.1, 0.15) is 0 Å². The summed E-state index contributed by atoms with van der Waals surface area (Å²) in [5.74, 6) is -1.14. The van der Waals surface area contributed by atoms with E-state index in [-0.39, 0.29) is 0 Å². The van der Waals surface area contributed by atoms with Crippen LogP contribution in [0.2, 0.25) is 0 Å². The zero-order valence-corrected chi connectivity index (χ0v) is 7.61. The van der Waals surface area contributed by atoms with Crippen molar-refractivity contribution < 1.29 is 13.3 Å². The summed E-state index contributed by atoms with van der Waals surface area (Å²) in [5.41, 5.74) is 0.340. The molecule has 0 saturated heterocycles. The van der Waals surface area contributed by atoms with E-state index in [4.69, 9.17) is 0 Å². The summed E-state index contributed by atoms with van der Waals surface area (Å²) < 4.78 is 29.3. The van der Waals surface area contributed by atoms with Crippen LogP contribution in [-0.4, -0.2) is 4.57 Å². The van der Waals surface area contributed by atoms with E-state index < -0.39 is 11.6 Å². The Kier molecular flexibility index (Phi) is 2.04. The molecule has 0 radical (unpaired) electrons. The largest absolute Gasteiger partial charge is 0.248 e. The summed E-state index contributed by atoms with van der Waals surface area (Å²) in [4.78, 5) is 0. The molecule has 0 atom stereocenters. The third kappa shape index (κ3) is 1.51. The molecule has 0 fully saturated rings. The van der Waals surface area contributed by atoms with Gasteiger partial charge in [0.25, 0.3) is 0 Å². The third-order valence-corrected chi connectivity index (χ3v) is 1.96. The quantitative estimate of drug-likeness (QED) is 0.611. The second kappa shape index (κ2) is 3.21. The van der Waals surface area contributed by atoms with Crippen LogP contribution in [0, 0.1) is 11.6 Å². The van der Waals surface area contributed by atoms with Crippen molar-refractivity contribution in [2.45, 2.75) is 0 Å². The first kappa shape index (κ1) is 8.87. The Morgan fingerprint density at radius 1 is 1.29 bits per heavy atom. The van der Waals surface area contributed by atoms with Crippen molar-refractivity contribution in [2.24, 2.45) is 7.05 Å². The first-order valence-corrected chi connectivity index (χ1v) is 4.15. The molecule has 72 valence electrons. The van der Waals surface area contributed by atoms with Crippen molar-refractivity contribution in [1.29, 1.82) is 0 Å². The SMILES string of the molecule is C[n+]1ccn(-c2ccc(F)cc2F)c1. The van der Waals surface area contributed by atoms with Crippen LogP contribution in [0.5, 0.6) is 0 Å². The molecule has 0 bridgehead atoms. The van der Waals surface area contributed by atoms with Crippen LogP contribution in [-0.2, 0) is 7.05 Å². The van der Waals surface area contributed by atoms with E-state index >= 15 is 0 Å². The Bertz CT molecular complexity index is 463. The standard InChI is InChI=1S/C10H9F2N2/c1-13-4-5-14(7-13)10-3-2-8(11)6-9(10)12/h2-7H,1H3/q+1. The Hall–Kier alpha value is -1.71. The fourth-order valence-corrected chi connectivity index (χ4v) is 1.28. The first-order chi connectivity index (χ1) is 6.66. The van der Waals surface area contributed by atoms with E-state index in [1.807, 2.05) is 7.05 Å². The normalized spacial score (nSPS) is 10.5. The molecule has 1 heterocycles. The highest BCUT2D eigenvalue weighted by molar-refractivity contribution is 5.33. The minimum Gasteiger partial charge on any atom is -0.239 e. The fraction of sp³-hybridized carbons (Fsp3) is 0.100. The fourth-order valence-electron chi connectivity index (χ4n) is 1.28. The van der Waals surface area contributed by atoms with E-state index in [2.05, 4.69) is 0 Å². The maximum absolute atomic E-state index is 13.3. The van der Waals surface area contributed by atoms with Gasteiger partial charge in [-0.3, -0.25) is 0 Å². The van der Waals surface area contributed by atoms with Crippen LogP contribution in [0.3, 0.4) is 0 Å². The van der Waals surface area contributed by atoms with Crippen LogP contribution >= 0.6 is 0 Å². The number of rotatable bonds is 1. The molecule has 0 N–H and O–H groups in total. The van der Waals surface area contributed by atoms with Gasteiger partial charge in [0.2, 0.25) is 6.33 Å². The Morgan fingerprint density at radius 2 is 2.07 bits per heavy atom. The second-order valence-corrected chi connectivity index (χ2v) is 3.08. The van der Waals surface area contributed by atoms with Gasteiger partial charge in [0.1, 0.15) is 18.2 Å². The molecule has 0 spiro atoms. The highest BCUT2D eigenvalue weighted by Gasteiger charge is 2.10. The zero-order valence-electron chi connectivity index (χ0n) is 7.61. The Morgan fingerprint density at radius 3 is 2.64 bits per heavy atom. The van der Waals surface area contributed by atoms with Crippen molar-refractivity contribution in [3.63, 3.8) is 0 Å². The van der Waals surface area contributed by atoms with Crippen molar-refractivity contribution in [2.75, 3.05) is 0 Å². The second-order valence-electron chi connectivity index (χ2n) is 3.08. The van der Waals surface area contributed by atoms with E-state index in [1.54, 1.807) is 27.9 Å². The van der Waals surface area contributed by atoms with Gasteiger partial charge >= 0.3 is 0 Å². The van der Waals surface area contributed by atoms with Gasteiger partial charge in [-0.1, -0.05) is 0 Å². The van der Waals surface area contributed by atoms with Crippen LogP contribution in [0.4, 0.5) is 8.78 Å². The summed E-state index contributed by atoms with van der Waals surface area (Å²) in [6, 6.07) is 3.51. The number of nitrogens with zero attached hydrogens (tertiary/aromatic N) is 2. The third-order valence-electron chi connectivity index (χ3n) is 1.96. The van der Waals surface area contributed by atoms with Gasteiger partial charge in [-0.2, -0.15) is 4.57 Å². The molecule has 2 nitrogen and oxygen atoms in total. The van der Waals surface area contributed by atoms with Crippen molar-refractivity contribution >= 4 is 0 Å². The average molecular weight is 195 g/mol. The molecule has 2 aromatic rings. The smallest absolute Gasteiger partial charge is 0.239 e. The van der Waals surface area contributed by atoms with Gasteiger partial charge in [0.05, 0.1) is 7.05 Å². The summed E-state index contributed by atoms with van der Waals surface area (Å²) >= 11 is 0. The van der Waals surface area contributed by atoms with Gasteiger partial charge < -0.3 is 0 Å². The molecule has 0 unspecified atom stereocenters. The molecule has 1 aromatic heterocycles. The predicted molar refractivity (Wildman–Crippen MR) is 46.9 cm³/mol. The zero-order chi connectivity index (χ0) is 10.1. The maximum atomic E-state index is 13.3. The number of hydrogen-bond donors (Lipinski definition) is 0. The van der Waals surface area contributed by atoms with E-state index in [0.29, 0.717) is 5.69 Å². The van der Waals surface area contributed by atoms with E-state index in [0.717, 1.165) is 6.07 Å². The first-order valence-electron chi connectivity index (χ1n) is 4.15. The summed E-state index contributed by atoms with van der Waals surface area (Å²) in [7, 11) is 1.83. The highest BCUT2D eigenvalue weighted by atomic mass is 19.1. The maximum Gasteiger partial charge on any atom is 0.248 e. The van der Waals surface area contributed by atoms with E-state index in [9.17, 15) is 8.78 Å². The molecule has 0 aliphatic carbocycles. The number of aryl methyl sites for hydroxylation is 1. The lowest BCUT2D eigenvalue weighted by molar-refractivity contribution is -0.670. The van der Waals surface area contributed by atoms with Gasteiger partial charge in [-0.05, 0) is 12.1 Å². The molecule has 2 rings (SSSR count). The molecule has 14 heavy (non-hydrogen) atoms. The van der Waals surface area contributed by atoms with Crippen LogP contribution < -0.4 is 4.57 Å². The minimum atomic E-state index is -0.568. The lowest BCUT2D eigenvalue weighted by Gasteiger charge is -1.97. The van der Waals surface area contributed by atoms with Crippen LogP contribution in [0.25, 0.3) is 5.69 Å². The summed E-state index contributed by atoms with van der Waals surface area (Å²) in [5, 5.41) is 0. The molecule has 1 aromatic carbocycles. The predicted octanol–water partition coefficient (Wildman–Crippen LogP) is 1.58. The minimum absolute atomic E-state index is 0.340. The van der Waals surface area contributed by atoms with E-state index in [1.165, 1.54) is 12.1 Å². The van der Waals surface area contributed by atoms with Crippen LogP contribution in [0.15, 0.2) is 36.9 Å². The number of benzene rings is 1. The molecule has 0 saturated carbocycles. The lowest BCUT2D eigenvalue weighted by Crippen LogP contribution is -2.23.